The molecule has 1 aliphatic heterocycles. The summed E-state index contributed by atoms with van der Waals surface area (Å²) in [6.45, 7) is -1.50. The number of nitrogens with zero attached hydrogens (tertiary/aromatic N) is 1. The second-order valence-electron chi connectivity index (χ2n) is 11.1. The number of halogens is 4. The van der Waals surface area contributed by atoms with Crippen LogP contribution in [0.3, 0.4) is 0 Å². The van der Waals surface area contributed by atoms with Crippen LogP contribution in [-0.4, -0.2) is 59.1 Å². The van der Waals surface area contributed by atoms with Gasteiger partial charge in [0.25, 0.3) is 0 Å². The highest BCUT2D eigenvalue weighted by Gasteiger charge is 2.40. The molecule has 3 N–H and O–H groups in total. The lowest BCUT2D eigenvalue weighted by Gasteiger charge is -2.21. The lowest BCUT2D eigenvalue weighted by Crippen LogP contribution is -2.47. The highest BCUT2D eigenvalue weighted by Crippen LogP contribution is 2.37. The van der Waals surface area contributed by atoms with Crippen LogP contribution < -0.4 is 25.0 Å². The van der Waals surface area contributed by atoms with Gasteiger partial charge < -0.3 is 20.3 Å². The van der Waals surface area contributed by atoms with Crippen LogP contribution in [0.2, 0.25) is 0 Å². The van der Waals surface area contributed by atoms with Crippen molar-refractivity contribution in [1.82, 2.24) is 10.0 Å². The van der Waals surface area contributed by atoms with Crippen molar-refractivity contribution >= 4 is 62.5 Å². The second kappa shape index (κ2) is 15.3. The third-order valence-corrected chi connectivity index (χ3v) is 8.33. The van der Waals surface area contributed by atoms with Gasteiger partial charge in [0.15, 0.2) is 23.2 Å². The summed E-state index contributed by atoms with van der Waals surface area (Å²) in [6, 6.07) is 17.1. The van der Waals surface area contributed by atoms with E-state index < -0.39 is 101 Å². The Labute approximate surface area is 284 Å². The summed E-state index contributed by atoms with van der Waals surface area (Å²) in [5.74, 6) is -14.5. The Hall–Kier alpha value is -5.64. The molecular weight excluding hydrogens is 684 g/mol. The Bertz CT molecular complexity index is 2010. The SMILES string of the molecule is CS(=O)NC(=O)CCC(NC(=O)C1CN(C(=O)C(=O)Nc2cccc3ccccc23)c2ccccc21)C(=O)COc1c(F)c(F)cc(F)c1F. The molecule has 3 unspecified atom stereocenters. The van der Waals surface area contributed by atoms with E-state index in [9.17, 15) is 45.7 Å². The third kappa shape index (κ3) is 7.80. The summed E-state index contributed by atoms with van der Waals surface area (Å²) in [7, 11) is -1.75. The number of carbonyl (C=O) groups excluding carboxylic acids is 5. The summed E-state index contributed by atoms with van der Waals surface area (Å²) in [6.07, 6.45) is 0.321. The minimum atomic E-state index is -1.89. The number of para-hydroxylation sites is 1. The highest BCUT2D eigenvalue weighted by molar-refractivity contribution is 7.82. The van der Waals surface area contributed by atoms with E-state index in [0.29, 0.717) is 16.6 Å². The monoisotopic (exact) mass is 712 g/mol. The molecule has 0 fully saturated rings. The number of Topliss-reactive ketones (excluding diaryl/α,β-unsaturated/α-hetero) is 1. The standard InChI is InChI=1S/C34H28F4N4O7S/c1-50(48)41-28(44)14-13-25(27(43)17-49-31-29(37)22(35)15-23(36)30(31)38)40-32(45)21-16-42(26-12-5-4-10-20(21)26)34(47)33(46)39-24-11-6-8-18-7-2-3-9-19(18)24/h2-12,15,21,25H,13-14,16-17H2,1H3,(H,39,46)(H,40,45)(H,41,44). The first-order chi connectivity index (χ1) is 23.8. The Balaban J connectivity index is 1.33. The lowest BCUT2D eigenvalue weighted by atomic mass is 9.99. The maximum absolute atomic E-state index is 14.1. The average Bonchev–Trinajstić information content (AvgIpc) is 3.48. The fourth-order valence-corrected chi connectivity index (χ4v) is 5.87. The van der Waals surface area contributed by atoms with Gasteiger partial charge in [0.05, 0.1) is 12.0 Å². The predicted octanol–water partition coefficient (Wildman–Crippen LogP) is 3.79. The summed E-state index contributed by atoms with van der Waals surface area (Å²) in [5.41, 5.74) is 0.974. The van der Waals surface area contributed by atoms with Crippen molar-refractivity contribution in [3.63, 3.8) is 0 Å². The molecule has 3 atom stereocenters. The van der Waals surface area contributed by atoms with Gasteiger partial charge in [-0.25, -0.2) is 13.0 Å². The molecule has 4 aromatic rings. The lowest BCUT2D eigenvalue weighted by molar-refractivity contribution is -0.134. The normalized spacial score (nSPS) is 14.7. The van der Waals surface area contributed by atoms with Crippen LogP contribution in [0.5, 0.6) is 5.75 Å². The smallest absolute Gasteiger partial charge is 0.316 e. The van der Waals surface area contributed by atoms with Gasteiger partial charge in [-0.1, -0.05) is 54.6 Å². The van der Waals surface area contributed by atoms with E-state index in [-0.39, 0.29) is 18.3 Å². The van der Waals surface area contributed by atoms with Gasteiger partial charge in [-0.05, 0) is 29.5 Å². The molecule has 4 aromatic carbocycles. The van der Waals surface area contributed by atoms with Gasteiger partial charge >= 0.3 is 11.8 Å². The number of fused-ring (bicyclic) bond motifs is 2. The van der Waals surface area contributed by atoms with Crippen LogP contribution in [0, 0.1) is 23.3 Å². The Morgan fingerprint density at radius 3 is 2.30 bits per heavy atom. The fourth-order valence-electron chi connectivity index (χ4n) is 5.45. The van der Waals surface area contributed by atoms with Crippen molar-refractivity contribution in [3.8, 4) is 5.75 Å². The zero-order valence-electron chi connectivity index (χ0n) is 26.1. The Morgan fingerprint density at radius 1 is 0.920 bits per heavy atom. The largest absolute Gasteiger partial charge is 0.479 e. The quantitative estimate of drug-likeness (QED) is 0.122. The van der Waals surface area contributed by atoms with Crippen molar-refractivity contribution < 1.29 is 50.5 Å². The zero-order chi connectivity index (χ0) is 36.1. The molecular formula is C34H28F4N4O7S. The summed E-state index contributed by atoms with van der Waals surface area (Å²) >= 11 is 0. The van der Waals surface area contributed by atoms with Crippen LogP contribution in [0.4, 0.5) is 28.9 Å². The van der Waals surface area contributed by atoms with Crippen LogP contribution >= 0.6 is 0 Å². The van der Waals surface area contributed by atoms with E-state index in [4.69, 9.17) is 4.74 Å². The average molecular weight is 713 g/mol. The number of anilines is 2. The van der Waals surface area contributed by atoms with Gasteiger partial charge in [0, 0.05) is 42.0 Å². The molecule has 1 aliphatic rings. The molecule has 0 saturated carbocycles. The maximum atomic E-state index is 14.1. The van der Waals surface area contributed by atoms with Crippen LogP contribution in [0.25, 0.3) is 10.8 Å². The molecule has 0 bridgehead atoms. The molecule has 260 valence electrons. The van der Waals surface area contributed by atoms with Crippen molar-refractivity contribution in [3.05, 3.63) is 102 Å². The first kappa shape index (κ1) is 35.7. The zero-order valence-corrected chi connectivity index (χ0v) is 27.0. The van der Waals surface area contributed by atoms with E-state index in [1.165, 1.54) is 12.3 Å². The topological polar surface area (TPSA) is 151 Å². The molecule has 16 heteroatoms. The first-order valence-electron chi connectivity index (χ1n) is 15.0. The van der Waals surface area contributed by atoms with E-state index in [2.05, 4.69) is 15.4 Å². The summed E-state index contributed by atoms with van der Waals surface area (Å²) in [4.78, 5) is 66.8. The van der Waals surface area contributed by atoms with E-state index >= 15 is 0 Å². The van der Waals surface area contributed by atoms with Crippen molar-refractivity contribution in [1.29, 1.82) is 0 Å². The number of hydrogen-bond donors (Lipinski definition) is 3. The van der Waals surface area contributed by atoms with Gasteiger partial charge in [-0.3, -0.25) is 28.7 Å². The molecule has 0 spiro atoms. The summed E-state index contributed by atoms with van der Waals surface area (Å²) < 4.78 is 73.9. The number of amides is 4. The molecule has 0 radical (unpaired) electrons. The number of hydrogen-bond acceptors (Lipinski definition) is 7. The summed E-state index contributed by atoms with van der Waals surface area (Å²) in [5, 5.41) is 6.59. The van der Waals surface area contributed by atoms with Crippen molar-refractivity contribution in [2.45, 2.75) is 24.8 Å². The molecule has 0 aliphatic carbocycles. The number of nitrogens with one attached hydrogen (secondary N) is 3. The Morgan fingerprint density at radius 2 is 1.58 bits per heavy atom. The minimum Gasteiger partial charge on any atom is -0.479 e. The van der Waals surface area contributed by atoms with Gasteiger partial charge in [-0.15, -0.1) is 0 Å². The predicted molar refractivity (Wildman–Crippen MR) is 174 cm³/mol. The number of benzene rings is 4. The highest BCUT2D eigenvalue weighted by atomic mass is 32.2. The number of ketones is 1. The van der Waals surface area contributed by atoms with Crippen LogP contribution in [0.1, 0.15) is 24.3 Å². The molecule has 4 amide bonds. The van der Waals surface area contributed by atoms with Gasteiger partial charge in [0.1, 0.15) is 17.6 Å². The third-order valence-electron chi connectivity index (χ3n) is 7.81. The number of rotatable bonds is 11. The molecule has 0 aromatic heterocycles. The van der Waals surface area contributed by atoms with Crippen molar-refractivity contribution in [2.75, 3.05) is 29.6 Å². The number of ether oxygens (including phenoxy) is 1. The van der Waals surface area contributed by atoms with Crippen molar-refractivity contribution in [2.24, 2.45) is 0 Å². The van der Waals surface area contributed by atoms with Crippen LogP contribution in [-0.2, 0) is 35.0 Å². The number of carbonyl (C=O) groups is 5. The molecule has 0 saturated heterocycles. The van der Waals surface area contributed by atoms with E-state index in [1.807, 2.05) is 18.2 Å². The fraction of sp³-hybridized carbons (Fsp3) is 0.206. The van der Waals surface area contributed by atoms with E-state index in [0.717, 1.165) is 10.3 Å². The maximum Gasteiger partial charge on any atom is 0.316 e. The molecule has 50 heavy (non-hydrogen) atoms. The Kier molecular flexibility index (Phi) is 10.9. The first-order valence-corrected chi connectivity index (χ1v) is 16.5. The second-order valence-corrected chi connectivity index (χ2v) is 12.3. The minimum absolute atomic E-state index is 0.0423. The van der Waals surface area contributed by atoms with E-state index in [1.54, 1.807) is 42.5 Å². The van der Waals surface area contributed by atoms with Gasteiger partial charge in [0.2, 0.25) is 23.4 Å². The van der Waals surface area contributed by atoms with Gasteiger partial charge in [-0.2, -0.15) is 8.78 Å². The van der Waals surface area contributed by atoms with Crippen LogP contribution in [0.15, 0.2) is 72.8 Å². The molecule has 5 rings (SSSR count). The molecule has 1 heterocycles. The molecule has 11 nitrogen and oxygen atoms in total.